The molecular formula is C10H21N3. The first-order valence-electron chi connectivity index (χ1n) is 5.01. The molecule has 0 aliphatic rings. The SMILES string of the molecule is CCC(C)CN(CC)CC(N)C#N. The second-order valence-electron chi connectivity index (χ2n) is 3.60. The van der Waals surface area contributed by atoms with E-state index in [0.29, 0.717) is 12.5 Å². The largest absolute Gasteiger partial charge is 0.315 e. The van der Waals surface area contributed by atoms with Crippen LogP contribution in [0.15, 0.2) is 0 Å². The van der Waals surface area contributed by atoms with Gasteiger partial charge in [-0.15, -0.1) is 0 Å². The molecule has 0 heterocycles. The van der Waals surface area contributed by atoms with Gasteiger partial charge in [0.2, 0.25) is 0 Å². The zero-order valence-corrected chi connectivity index (χ0v) is 8.95. The lowest BCUT2D eigenvalue weighted by Gasteiger charge is -2.24. The first kappa shape index (κ1) is 12.4. The molecule has 0 radical (unpaired) electrons. The number of nitrogens with two attached hydrogens (primary N) is 1. The molecule has 0 aromatic carbocycles. The highest BCUT2D eigenvalue weighted by Gasteiger charge is 2.10. The molecule has 3 heteroatoms. The Kier molecular flexibility index (Phi) is 6.56. The van der Waals surface area contributed by atoms with Crippen molar-refractivity contribution in [3.8, 4) is 6.07 Å². The van der Waals surface area contributed by atoms with Crippen molar-refractivity contribution in [1.29, 1.82) is 5.26 Å². The second kappa shape index (κ2) is 6.88. The molecular weight excluding hydrogens is 162 g/mol. The first-order chi connectivity index (χ1) is 6.13. The summed E-state index contributed by atoms with van der Waals surface area (Å²) in [6.45, 7) is 9.22. The molecule has 13 heavy (non-hydrogen) atoms. The van der Waals surface area contributed by atoms with Gasteiger partial charge in [-0.05, 0) is 12.5 Å². The Bertz CT molecular complexity index is 162. The highest BCUT2D eigenvalue weighted by molar-refractivity contribution is 4.88. The summed E-state index contributed by atoms with van der Waals surface area (Å²) in [4.78, 5) is 2.24. The van der Waals surface area contributed by atoms with Gasteiger partial charge in [0.25, 0.3) is 0 Å². The van der Waals surface area contributed by atoms with Crippen LogP contribution in [0.25, 0.3) is 0 Å². The summed E-state index contributed by atoms with van der Waals surface area (Å²) in [6.07, 6.45) is 1.18. The van der Waals surface area contributed by atoms with Gasteiger partial charge < -0.3 is 10.6 Å². The zero-order chi connectivity index (χ0) is 10.3. The third-order valence-corrected chi connectivity index (χ3v) is 2.33. The van der Waals surface area contributed by atoms with Crippen LogP contribution in [0.2, 0.25) is 0 Å². The molecule has 0 aliphatic carbocycles. The third-order valence-electron chi connectivity index (χ3n) is 2.33. The van der Waals surface area contributed by atoms with Gasteiger partial charge in [-0.3, -0.25) is 0 Å². The van der Waals surface area contributed by atoms with Crippen molar-refractivity contribution in [3.63, 3.8) is 0 Å². The van der Waals surface area contributed by atoms with Gasteiger partial charge in [-0.25, -0.2) is 0 Å². The van der Waals surface area contributed by atoms with E-state index < -0.39 is 0 Å². The van der Waals surface area contributed by atoms with E-state index >= 15 is 0 Å². The molecule has 2 N–H and O–H groups in total. The van der Waals surface area contributed by atoms with Crippen LogP contribution in [0.1, 0.15) is 27.2 Å². The van der Waals surface area contributed by atoms with Crippen LogP contribution in [0.5, 0.6) is 0 Å². The smallest absolute Gasteiger partial charge is 0.106 e. The monoisotopic (exact) mass is 183 g/mol. The molecule has 0 bridgehead atoms. The summed E-state index contributed by atoms with van der Waals surface area (Å²) in [5.74, 6) is 0.686. The Labute approximate surface area is 81.5 Å². The normalized spacial score (nSPS) is 15.4. The maximum atomic E-state index is 8.57. The Morgan fingerprint density at radius 3 is 2.38 bits per heavy atom. The fourth-order valence-corrected chi connectivity index (χ4v) is 1.22. The van der Waals surface area contributed by atoms with Crippen LogP contribution in [0, 0.1) is 17.2 Å². The van der Waals surface area contributed by atoms with E-state index in [1.807, 2.05) is 0 Å². The van der Waals surface area contributed by atoms with Gasteiger partial charge in [0, 0.05) is 13.1 Å². The predicted molar refractivity (Wildman–Crippen MR) is 55.2 cm³/mol. The second-order valence-corrected chi connectivity index (χ2v) is 3.60. The fourth-order valence-electron chi connectivity index (χ4n) is 1.22. The topological polar surface area (TPSA) is 53.0 Å². The number of nitriles is 1. The quantitative estimate of drug-likeness (QED) is 0.673. The van der Waals surface area contributed by atoms with Crippen molar-refractivity contribution in [1.82, 2.24) is 4.90 Å². The van der Waals surface area contributed by atoms with E-state index in [1.54, 1.807) is 0 Å². The molecule has 3 nitrogen and oxygen atoms in total. The highest BCUT2D eigenvalue weighted by Crippen LogP contribution is 2.03. The van der Waals surface area contributed by atoms with E-state index in [2.05, 4.69) is 31.7 Å². The van der Waals surface area contributed by atoms with Crippen LogP contribution in [-0.4, -0.2) is 30.6 Å². The summed E-state index contributed by atoms with van der Waals surface area (Å²) in [7, 11) is 0. The minimum absolute atomic E-state index is 0.344. The van der Waals surface area contributed by atoms with E-state index in [-0.39, 0.29) is 6.04 Å². The van der Waals surface area contributed by atoms with Crippen LogP contribution in [0.4, 0.5) is 0 Å². The van der Waals surface area contributed by atoms with Crippen LogP contribution >= 0.6 is 0 Å². The number of rotatable bonds is 6. The van der Waals surface area contributed by atoms with Crippen LogP contribution in [-0.2, 0) is 0 Å². The number of hydrogen-bond donors (Lipinski definition) is 1. The molecule has 0 fully saturated rings. The molecule has 76 valence electrons. The summed E-state index contributed by atoms with van der Waals surface area (Å²) < 4.78 is 0. The summed E-state index contributed by atoms with van der Waals surface area (Å²) >= 11 is 0. The van der Waals surface area contributed by atoms with Gasteiger partial charge in [-0.1, -0.05) is 27.2 Å². The lowest BCUT2D eigenvalue weighted by Crippen LogP contribution is -2.38. The van der Waals surface area contributed by atoms with E-state index in [1.165, 1.54) is 6.42 Å². The molecule has 0 saturated carbocycles. The van der Waals surface area contributed by atoms with Crippen LogP contribution in [0.3, 0.4) is 0 Å². The molecule has 0 amide bonds. The third kappa shape index (κ3) is 5.62. The average molecular weight is 183 g/mol. The van der Waals surface area contributed by atoms with Crippen LogP contribution < -0.4 is 5.73 Å². The molecule has 0 spiro atoms. The average Bonchev–Trinajstić information content (AvgIpc) is 2.16. The van der Waals surface area contributed by atoms with Gasteiger partial charge in [0.15, 0.2) is 0 Å². The minimum Gasteiger partial charge on any atom is -0.315 e. The molecule has 2 unspecified atom stereocenters. The lowest BCUT2D eigenvalue weighted by molar-refractivity contribution is 0.242. The Morgan fingerprint density at radius 2 is 2.00 bits per heavy atom. The number of nitrogens with zero attached hydrogens (tertiary/aromatic N) is 2. The van der Waals surface area contributed by atoms with Crippen molar-refractivity contribution in [3.05, 3.63) is 0 Å². The molecule has 2 atom stereocenters. The molecule has 0 aliphatic heterocycles. The van der Waals surface area contributed by atoms with E-state index in [4.69, 9.17) is 11.0 Å². The van der Waals surface area contributed by atoms with Crippen molar-refractivity contribution in [2.45, 2.75) is 33.2 Å². The van der Waals surface area contributed by atoms with Gasteiger partial charge in [-0.2, -0.15) is 5.26 Å². The maximum Gasteiger partial charge on any atom is 0.106 e. The van der Waals surface area contributed by atoms with Gasteiger partial charge >= 0.3 is 0 Å². The molecule has 0 aromatic heterocycles. The molecule has 0 aromatic rings. The van der Waals surface area contributed by atoms with Crippen molar-refractivity contribution in [2.75, 3.05) is 19.6 Å². The first-order valence-corrected chi connectivity index (χ1v) is 5.01. The van der Waals surface area contributed by atoms with E-state index in [9.17, 15) is 0 Å². The summed E-state index contributed by atoms with van der Waals surface area (Å²) in [5.41, 5.74) is 5.56. The number of likely N-dealkylation sites (N-methyl/N-ethyl adjacent to an activating group) is 1. The lowest BCUT2D eigenvalue weighted by atomic mass is 10.1. The van der Waals surface area contributed by atoms with E-state index in [0.717, 1.165) is 13.1 Å². The fraction of sp³-hybridized carbons (Fsp3) is 0.900. The van der Waals surface area contributed by atoms with Crippen molar-refractivity contribution < 1.29 is 0 Å². The maximum absolute atomic E-state index is 8.57. The minimum atomic E-state index is -0.344. The summed E-state index contributed by atoms with van der Waals surface area (Å²) in [5, 5.41) is 8.57. The van der Waals surface area contributed by atoms with Crippen molar-refractivity contribution in [2.24, 2.45) is 11.7 Å². The Hall–Kier alpha value is -0.590. The van der Waals surface area contributed by atoms with Crippen molar-refractivity contribution >= 4 is 0 Å². The summed E-state index contributed by atoms with van der Waals surface area (Å²) in [6, 6.07) is 1.71. The highest BCUT2D eigenvalue weighted by atomic mass is 15.1. The molecule has 0 rings (SSSR count). The van der Waals surface area contributed by atoms with Gasteiger partial charge in [0.05, 0.1) is 6.07 Å². The Morgan fingerprint density at radius 1 is 1.38 bits per heavy atom. The standard InChI is InChI=1S/C10H21N3/c1-4-9(3)7-13(5-2)8-10(12)6-11/h9-10H,4-5,7-8,12H2,1-3H3. The molecule has 0 saturated heterocycles. The van der Waals surface area contributed by atoms with Gasteiger partial charge in [0.1, 0.15) is 6.04 Å². The zero-order valence-electron chi connectivity index (χ0n) is 8.95. The predicted octanol–water partition coefficient (Wildman–Crippen LogP) is 1.21. The Balaban J connectivity index is 3.83. The number of hydrogen-bond acceptors (Lipinski definition) is 3.